The first kappa shape index (κ1) is 18.0. The van der Waals surface area contributed by atoms with E-state index in [-0.39, 0.29) is 0 Å². The van der Waals surface area contributed by atoms with E-state index in [9.17, 15) is 4.79 Å². The average Bonchev–Trinajstić information content (AvgIpc) is 2.54. The topological polar surface area (TPSA) is 23.6 Å². The highest BCUT2D eigenvalue weighted by atomic mass is 16.2. The summed E-state index contributed by atoms with van der Waals surface area (Å²) in [6.07, 6.45) is 5.17. The lowest BCUT2D eigenvalue weighted by molar-refractivity contribution is -0.133. The first-order chi connectivity index (χ1) is 11.0. The summed E-state index contributed by atoms with van der Waals surface area (Å²) in [6, 6.07) is 10.6. The Morgan fingerprint density at radius 3 is 2.48 bits per heavy atom. The third-order valence-corrected chi connectivity index (χ3v) is 4.88. The molecule has 0 N–H and O–H groups in total. The lowest BCUT2D eigenvalue weighted by atomic mass is 9.94. The van der Waals surface area contributed by atoms with Crippen LogP contribution in [0.25, 0.3) is 0 Å². The van der Waals surface area contributed by atoms with Crippen LogP contribution < -0.4 is 0 Å². The van der Waals surface area contributed by atoms with E-state index in [4.69, 9.17) is 0 Å². The maximum Gasteiger partial charge on any atom is 0.222 e. The molecule has 2 rings (SSSR count). The first-order valence-corrected chi connectivity index (χ1v) is 9.01. The monoisotopic (exact) mass is 316 g/mol. The Morgan fingerprint density at radius 1 is 1.22 bits per heavy atom. The maximum absolute atomic E-state index is 12.5. The van der Waals surface area contributed by atoms with Crippen molar-refractivity contribution >= 4 is 5.91 Å². The molecule has 1 heterocycles. The van der Waals surface area contributed by atoms with E-state index in [1.54, 1.807) is 0 Å². The molecular formula is C20H32N2O. The maximum atomic E-state index is 12.5. The summed E-state index contributed by atoms with van der Waals surface area (Å²) >= 11 is 0. The van der Waals surface area contributed by atoms with Crippen molar-refractivity contribution in [1.29, 1.82) is 0 Å². The second kappa shape index (κ2) is 9.07. The Morgan fingerprint density at radius 2 is 1.87 bits per heavy atom. The van der Waals surface area contributed by atoms with Crippen molar-refractivity contribution in [2.75, 3.05) is 33.7 Å². The average molecular weight is 316 g/mol. The standard InChI is InChI=1S/C20H32N2O/c1-17(9-10-18-7-5-4-6-8-18)15-20(23)22-13-11-19(12-14-22)16-21(2)3/h4-8,17,19H,9-16H2,1-3H3/t17-/m0/s1. The molecule has 1 fully saturated rings. The molecule has 1 aromatic rings. The molecule has 1 saturated heterocycles. The van der Waals surface area contributed by atoms with Crippen LogP contribution in [0.2, 0.25) is 0 Å². The van der Waals surface area contributed by atoms with Crippen LogP contribution >= 0.6 is 0 Å². The summed E-state index contributed by atoms with van der Waals surface area (Å²) < 4.78 is 0. The fraction of sp³-hybridized carbons (Fsp3) is 0.650. The van der Waals surface area contributed by atoms with Gasteiger partial charge in [-0.25, -0.2) is 0 Å². The fourth-order valence-electron chi connectivity index (χ4n) is 3.47. The van der Waals surface area contributed by atoms with Gasteiger partial charge in [-0.2, -0.15) is 0 Å². The molecule has 0 spiro atoms. The number of likely N-dealkylation sites (tertiary alicyclic amines) is 1. The Hall–Kier alpha value is -1.35. The number of benzene rings is 1. The SMILES string of the molecule is C[C@@H](CCc1ccccc1)CC(=O)N1CCC(CN(C)C)CC1. The highest BCUT2D eigenvalue weighted by molar-refractivity contribution is 5.76. The molecule has 0 aliphatic carbocycles. The third kappa shape index (κ3) is 6.34. The Balaban J connectivity index is 1.68. The van der Waals surface area contributed by atoms with Gasteiger partial charge < -0.3 is 9.80 Å². The van der Waals surface area contributed by atoms with Crippen molar-refractivity contribution in [3.63, 3.8) is 0 Å². The van der Waals surface area contributed by atoms with Crippen LogP contribution in [-0.4, -0.2) is 49.4 Å². The summed E-state index contributed by atoms with van der Waals surface area (Å²) in [4.78, 5) is 16.8. The van der Waals surface area contributed by atoms with Gasteiger partial charge in [0.15, 0.2) is 0 Å². The molecule has 1 amide bonds. The van der Waals surface area contributed by atoms with Crippen molar-refractivity contribution in [2.24, 2.45) is 11.8 Å². The first-order valence-electron chi connectivity index (χ1n) is 9.01. The van der Waals surface area contributed by atoms with Gasteiger partial charge in [-0.15, -0.1) is 0 Å². The highest BCUT2D eigenvalue weighted by Gasteiger charge is 2.23. The number of aryl methyl sites for hydroxylation is 1. The minimum absolute atomic E-state index is 0.355. The second-order valence-corrected chi connectivity index (χ2v) is 7.42. The molecule has 0 unspecified atom stereocenters. The number of hydrogen-bond donors (Lipinski definition) is 0. The van der Waals surface area contributed by atoms with E-state index in [0.717, 1.165) is 51.2 Å². The van der Waals surface area contributed by atoms with Crippen molar-refractivity contribution in [3.05, 3.63) is 35.9 Å². The fourth-order valence-corrected chi connectivity index (χ4v) is 3.47. The van der Waals surface area contributed by atoms with Gasteiger partial charge in [0.25, 0.3) is 0 Å². The van der Waals surface area contributed by atoms with Crippen LogP contribution in [0, 0.1) is 11.8 Å². The van der Waals surface area contributed by atoms with E-state index >= 15 is 0 Å². The molecule has 1 atom stereocenters. The molecule has 1 aliphatic rings. The van der Waals surface area contributed by atoms with Gasteiger partial charge >= 0.3 is 0 Å². The highest BCUT2D eigenvalue weighted by Crippen LogP contribution is 2.20. The molecule has 0 saturated carbocycles. The van der Waals surface area contributed by atoms with Crippen molar-refractivity contribution < 1.29 is 4.79 Å². The van der Waals surface area contributed by atoms with Gasteiger partial charge in [-0.3, -0.25) is 4.79 Å². The largest absolute Gasteiger partial charge is 0.343 e. The summed E-state index contributed by atoms with van der Waals surface area (Å²) in [5, 5.41) is 0. The van der Waals surface area contributed by atoms with Crippen LogP contribution in [0.1, 0.15) is 38.2 Å². The van der Waals surface area contributed by atoms with E-state index in [2.05, 4.69) is 61.2 Å². The number of carbonyl (C=O) groups excluding carboxylic acids is 1. The molecule has 3 nitrogen and oxygen atoms in total. The summed E-state index contributed by atoms with van der Waals surface area (Å²) in [5.41, 5.74) is 1.37. The number of carbonyl (C=O) groups is 1. The van der Waals surface area contributed by atoms with Crippen molar-refractivity contribution in [1.82, 2.24) is 9.80 Å². The van der Waals surface area contributed by atoms with Crippen LogP contribution in [0.4, 0.5) is 0 Å². The van der Waals surface area contributed by atoms with Gasteiger partial charge in [0.1, 0.15) is 0 Å². The normalized spacial score (nSPS) is 17.5. The van der Waals surface area contributed by atoms with Gasteiger partial charge in [0.05, 0.1) is 0 Å². The summed E-state index contributed by atoms with van der Waals surface area (Å²) in [6.45, 7) is 5.25. The van der Waals surface area contributed by atoms with E-state index in [1.807, 2.05) is 0 Å². The lowest BCUT2D eigenvalue weighted by Gasteiger charge is -2.33. The summed E-state index contributed by atoms with van der Waals surface area (Å²) in [5.74, 6) is 1.57. The molecule has 3 heteroatoms. The van der Waals surface area contributed by atoms with Gasteiger partial charge in [-0.1, -0.05) is 37.3 Å². The number of amides is 1. The van der Waals surface area contributed by atoms with Gasteiger partial charge in [-0.05, 0) is 57.2 Å². The molecule has 1 aliphatic heterocycles. The van der Waals surface area contributed by atoms with Crippen LogP contribution in [0.5, 0.6) is 0 Å². The van der Waals surface area contributed by atoms with Crippen LogP contribution in [0.15, 0.2) is 30.3 Å². The molecule has 128 valence electrons. The molecule has 0 bridgehead atoms. The zero-order chi connectivity index (χ0) is 16.7. The number of piperidine rings is 1. The predicted molar refractivity (Wildman–Crippen MR) is 96.4 cm³/mol. The number of nitrogens with zero attached hydrogens (tertiary/aromatic N) is 2. The summed E-state index contributed by atoms with van der Waals surface area (Å²) in [7, 11) is 4.26. The van der Waals surface area contributed by atoms with Crippen LogP contribution in [0.3, 0.4) is 0 Å². The molecule has 1 aromatic carbocycles. The molecule has 0 aromatic heterocycles. The van der Waals surface area contributed by atoms with Gasteiger partial charge in [0, 0.05) is 26.1 Å². The quantitative estimate of drug-likeness (QED) is 0.769. The Labute approximate surface area is 141 Å². The van der Waals surface area contributed by atoms with Crippen LogP contribution in [-0.2, 0) is 11.2 Å². The Kier molecular flexibility index (Phi) is 7.10. The molecule has 23 heavy (non-hydrogen) atoms. The second-order valence-electron chi connectivity index (χ2n) is 7.42. The van der Waals surface area contributed by atoms with Crippen molar-refractivity contribution in [2.45, 2.75) is 39.0 Å². The van der Waals surface area contributed by atoms with E-state index in [0.29, 0.717) is 18.2 Å². The van der Waals surface area contributed by atoms with Gasteiger partial charge in [0.2, 0.25) is 5.91 Å². The lowest BCUT2D eigenvalue weighted by Crippen LogP contribution is -2.41. The van der Waals surface area contributed by atoms with E-state index < -0.39 is 0 Å². The predicted octanol–water partition coefficient (Wildman–Crippen LogP) is 3.45. The minimum atomic E-state index is 0.355. The van der Waals surface area contributed by atoms with Crippen molar-refractivity contribution in [3.8, 4) is 0 Å². The van der Waals surface area contributed by atoms with E-state index in [1.165, 1.54) is 5.56 Å². The number of rotatable bonds is 7. The number of hydrogen-bond acceptors (Lipinski definition) is 2. The zero-order valence-corrected chi connectivity index (χ0v) is 15.0. The molecular weight excluding hydrogens is 284 g/mol. The third-order valence-electron chi connectivity index (χ3n) is 4.88. The smallest absolute Gasteiger partial charge is 0.222 e. The molecule has 0 radical (unpaired) electrons. The Bertz CT molecular complexity index is 464. The zero-order valence-electron chi connectivity index (χ0n) is 15.0. The minimum Gasteiger partial charge on any atom is -0.343 e.